The minimum atomic E-state index is -0.734. The third-order valence-electron chi connectivity index (χ3n) is 2.34. The first-order chi connectivity index (χ1) is 5.77. The first kappa shape index (κ1) is 7.34. The highest BCUT2D eigenvalue weighted by Gasteiger charge is 2.25. The smallest absolute Gasteiger partial charge is 0.304 e. The standard InChI is InChI=1S/C8H10N2O2/c11-7(12)3-5-1-2-6-4-9-10-8(5)6/h4-5H,1-3H2,(H,9,10)(H,11,12). The fourth-order valence-corrected chi connectivity index (χ4v) is 1.76. The van der Waals surface area contributed by atoms with Crippen molar-refractivity contribution in [1.29, 1.82) is 0 Å². The van der Waals surface area contributed by atoms with Gasteiger partial charge in [0.1, 0.15) is 0 Å². The van der Waals surface area contributed by atoms with E-state index in [0.717, 1.165) is 18.5 Å². The van der Waals surface area contributed by atoms with Crippen molar-refractivity contribution in [2.45, 2.75) is 25.2 Å². The number of hydrogen-bond donors (Lipinski definition) is 2. The molecule has 0 spiro atoms. The molecule has 1 unspecified atom stereocenters. The van der Waals surface area contributed by atoms with Gasteiger partial charge in [-0.05, 0) is 18.4 Å². The Morgan fingerprint density at radius 1 is 1.83 bits per heavy atom. The summed E-state index contributed by atoms with van der Waals surface area (Å²) < 4.78 is 0. The Labute approximate surface area is 69.6 Å². The van der Waals surface area contributed by atoms with Crippen molar-refractivity contribution in [1.82, 2.24) is 10.2 Å². The second-order valence-corrected chi connectivity index (χ2v) is 3.14. The summed E-state index contributed by atoms with van der Waals surface area (Å²) in [6, 6.07) is 0. The van der Waals surface area contributed by atoms with Crippen LogP contribution in [0.25, 0.3) is 0 Å². The summed E-state index contributed by atoms with van der Waals surface area (Å²) in [6.45, 7) is 0. The fourth-order valence-electron chi connectivity index (χ4n) is 1.76. The summed E-state index contributed by atoms with van der Waals surface area (Å²) in [5.41, 5.74) is 2.21. The van der Waals surface area contributed by atoms with Crippen LogP contribution in [-0.2, 0) is 11.2 Å². The van der Waals surface area contributed by atoms with Crippen molar-refractivity contribution < 1.29 is 9.90 Å². The molecule has 1 aromatic rings. The molecule has 2 rings (SSSR count). The van der Waals surface area contributed by atoms with Gasteiger partial charge < -0.3 is 5.11 Å². The van der Waals surface area contributed by atoms with Gasteiger partial charge in [0.25, 0.3) is 0 Å². The molecule has 0 amide bonds. The van der Waals surface area contributed by atoms with Gasteiger partial charge in [0.2, 0.25) is 0 Å². The molecule has 2 N–H and O–H groups in total. The van der Waals surface area contributed by atoms with Crippen LogP contribution in [0.1, 0.15) is 30.0 Å². The van der Waals surface area contributed by atoms with E-state index in [1.165, 1.54) is 5.56 Å². The van der Waals surface area contributed by atoms with Crippen molar-refractivity contribution in [3.63, 3.8) is 0 Å². The molecule has 64 valence electrons. The summed E-state index contributed by atoms with van der Waals surface area (Å²) in [6.07, 6.45) is 3.91. The lowest BCUT2D eigenvalue weighted by Gasteiger charge is -2.04. The van der Waals surface area contributed by atoms with Gasteiger partial charge in [-0.25, -0.2) is 0 Å². The molecule has 0 aromatic carbocycles. The molecule has 0 radical (unpaired) electrons. The Morgan fingerprint density at radius 3 is 3.42 bits per heavy atom. The van der Waals surface area contributed by atoms with E-state index in [0.29, 0.717) is 0 Å². The van der Waals surface area contributed by atoms with E-state index in [2.05, 4.69) is 10.2 Å². The van der Waals surface area contributed by atoms with Crippen molar-refractivity contribution in [2.75, 3.05) is 0 Å². The molecule has 1 aliphatic rings. The molecule has 1 aliphatic carbocycles. The molecular formula is C8H10N2O2. The van der Waals surface area contributed by atoms with E-state index in [4.69, 9.17) is 5.11 Å². The van der Waals surface area contributed by atoms with Crippen molar-refractivity contribution >= 4 is 5.97 Å². The molecule has 0 saturated carbocycles. The highest BCUT2D eigenvalue weighted by Crippen LogP contribution is 2.33. The second kappa shape index (κ2) is 2.62. The minimum absolute atomic E-state index is 0.153. The average molecular weight is 166 g/mol. The van der Waals surface area contributed by atoms with Gasteiger partial charge in [-0.15, -0.1) is 0 Å². The molecule has 0 fully saturated rings. The van der Waals surface area contributed by atoms with Gasteiger partial charge in [-0.1, -0.05) is 0 Å². The number of aromatic nitrogens is 2. The van der Waals surface area contributed by atoms with E-state index in [9.17, 15) is 4.79 Å². The molecule has 4 nitrogen and oxygen atoms in total. The molecule has 12 heavy (non-hydrogen) atoms. The molecule has 0 saturated heterocycles. The number of aliphatic carboxylic acids is 1. The largest absolute Gasteiger partial charge is 0.481 e. The summed E-state index contributed by atoms with van der Waals surface area (Å²) in [7, 11) is 0. The van der Waals surface area contributed by atoms with Crippen LogP contribution in [0.3, 0.4) is 0 Å². The highest BCUT2D eigenvalue weighted by atomic mass is 16.4. The van der Waals surface area contributed by atoms with E-state index < -0.39 is 5.97 Å². The SMILES string of the molecule is O=C(O)CC1CCc2cn[nH]c21. The highest BCUT2D eigenvalue weighted by molar-refractivity contribution is 5.68. The van der Waals surface area contributed by atoms with Crippen LogP contribution in [0.4, 0.5) is 0 Å². The summed E-state index contributed by atoms with van der Waals surface area (Å²) in [4.78, 5) is 10.5. The van der Waals surface area contributed by atoms with Crippen molar-refractivity contribution in [3.05, 3.63) is 17.5 Å². The van der Waals surface area contributed by atoms with Crippen LogP contribution in [0.2, 0.25) is 0 Å². The number of nitrogens with zero attached hydrogens (tertiary/aromatic N) is 1. The van der Waals surface area contributed by atoms with E-state index >= 15 is 0 Å². The van der Waals surface area contributed by atoms with Gasteiger partial charge in [-0.2, -0.15) is 5.10 Å². The first-order valence-corrected chi connectivity index (χ1v) is 4.01. The van der Waals surface area contributed by atoms with Gasteiger partial charge in [0.15, 0.2) is 0 Å². The van der Waals surface area contributed by atoms with Gasteiger partial charge >= 0.3 is 5.97 Å². The number of nitrogens with one attached hydrogen (secondary N) is 1. The quantitative estimate of drug-likeness (QED) is 0.686. The van der Waals surface area contributed by atoms with Crippen LogP contribution in [0.15, 0.2) is 6.20 Å². The van der Waals surface area contributed by atoms with Gasteiger partial charge in [0.05, 0.1) is 12.6 Å². The summed E-state index contributed by atoms with van der Waals surface area (Å²) in [5, 5.41) is 15.3. The zero-order valence-corrected chi connectivity index (χ0v) is 6.58. The Balaban J connectivity index is 2.17. The zero-order chi connectivity index (χ0) is 8.55. The normalized spacial score (nSPS) is 20.8. The Hall–Kier alpha value is -1.32. The van der Waals surface area contributed by atoms with E-state index in [1.807, 2.05) is 0 Å². The van der Waals surface area contributed by atoms with Gasteiger partial charge in [-0.3, -0.25) is 9.89 Å². The maximum Gasteiger partial charge on any atom is 0.304 e. The number of carbonyl (C=O) groups is 1. The lowest BCUT2D eigenvalue weighted by atomic mass is 10.0. The van der Waals surface area contributed by atoms with Crippen molar-refractivity contribution in [2.24, 2.45) is 0 Å². The number of H-pyrrole nitrogens is 1. The van der Waals surface area contributed by atoms with Crippen LogP contribution >= 0.6 is 0 Å². The number of hydrogen-bond acceptors (Lipinski definition) is 2. The first-order valence-electron chi connectivity index (χ1n) is 4.01. The Kier molecular flexibility index (Phi) is 1.60. The fraction of sp³-hybridized carbons (Fsp3) is 0.500. The molecule has 4 heteroatoms. The number of carboxylic acids is 1. The van der Waals surface area contributed by atoms with Crippen LogP contribution < -0.4 is 0 Å². The lowest BCUT2D eigenvalue weighted by molar-refractivity contribution is -0.137. The molecule has 0 bridgehead atoms. The minimum Gasteiger partial charge on any atom is -0.481 e. The number of rotatable bonds is 2. The monoisotopic (exact) mass is 166 g/mol. The molecule has 1 atom stereocenters. The Morgan fingerprint density at radius 2 is 2.67 bits per heavy atom. The van der Waals surface area contributed by atoms with Crippen LogP contribution in [0, 0.1) is 0 Å². The topological polar surface area (TPSA) is 66.0 Å². The second-order valence-electron chi connectivity index (χ2n) is 3.14. The average Bonchev–Trinajstić information content (AvgIpc) is 2.52. The molecular weight excluding hydrogens is 156 g/mol. The Bertz CT molecular complexity index is 306. The number of aromatic amines is 1. The van der Waals surface area contributed by atoms with Crippen LogP contribution in [0.5, 0.6) is 0 Å². The lowest BCUT2D eigenvalue weighted by Crippen LogP contribution is -2.03. The molecule has 1 aromatic heterocycles. The van der Waals surface area contributed by atoms with Gasteiger partial charge in [0, 0.05) is 11.6 Å². The van der Waals surface area contributed by atoms with Crippen molar-refractivity contribution in [3.8, 4) is 0 Å². The number of carboxylic acid groups (broad SMARTS) is 1. The molecule has 0 aliphatic heterocycles. The summed E-state index contributed by atoms with van der Waals surface area (Å²) >= 11 is 0. The maximum atomic E-state index is 10.5. The van der Waals surface area contributed by atoms with E-state index in [1.54, 1.807) is 6.20 Å². The third-order valence-corrected chi connectivity index (χ3v) is 2.34. The maximum absolute atomic E-state index is 10.5. The third kappa shape index (κ3) is 1.09. The predicted molar refractivity (Wildman–Crippen MR) is 41.9 cm³/mol. The number of aryl methyl sites for hydroxylation is 1. The zero-order valence-electron chi connectivity index (χ0n) is 6.58. The predicted octanol–water partition coefficient (Wildman–Crippen LogP) is 0.914. The van der Waals surface area contributed by atoms with E-state index in [-0.39, 0.29) is 12.3 Å². The molecule has 1 heterocycles. The summed E-state index contributed by atoms with van der Waals surface area (Å²) in [5.74, 6) is -0.581. The number of fused-ring (bicyclic) bond motifs is 1. The van der Waals surface area contributed by atoms with Crippen LogP contribution in [-0.4, -0.2) is 21.3 Å².